The number of anilines is 3. The van der Waals surface area contributed by atoms with E-state index in [0.29, 0.717) is 5.41 Å². The number of hydrogen-bond acceptors (Lipinski definition) is 1. The molecule has 12 rings (SSSR count). The lowest BCUT2D eigenvalue weighted by Crippen LogP contribution is -2.50. The fourth-order valence-electron chi connectivity index (χ4n) is 12.9. The highest BCUT2D eigenvalue weighted by Gasteiger charge is 2.76. The summed E-state index contributed by atoms with van der Waals surface area (Å²) in [4.78, 5) is 2.43. The van der Waals surface area contributed by atoms with Crippen molar-refractivity contribution in [3.8, 4) is 44.5 Å². The smallest absolute Gasteiger partial charge is 0.0540 e. The summed E-state index contributed by atoms with van der Waals surface area (Å²) in [5.74, 6) is 3.52. The van der Waals surface area contributed by atoms with E-state index in [-0.39, 0.29) is 5.41 Å². The Morgan fingerprint density at radius 3 is 1.80 bits per heavy atom. The van der Waals surface area contributed by atoms with Crippen LogP contribution in [0.1, 0.15) is 43.2 Å². The average molecular weight is 694 g/mol. The molecule has 0 heterocycles. The van der Waals surface area contributed by atoms with Gasteiger partial charge < -0.3 is 4.90 Å². The molecule has 7 aromatic rings. The first-order chi connectivity index (χ1) is 26.7. The molecule has 260 valence electrons. The fraction of sp³-hybridized carbons (Fsp3) is 0.208. The van der Waals surface area contributed by atoms with Gasteiger partial charge in [0, 0.05) is 22.4 Å². The predicted octanol–water partition coefficient (Wildman–Crippen LogP) is 13.9. The van der Waals surface area contributed by atoms with Gasteiger partial charge in [0.2, 0.25) is 0 Å². The van der Waals surface area contributed by atoms with Crippen molar-refractivity contribution in [2.75, 3.05) is 4.90 Å². The maximum atomic E-state index is 2.63. The first kappa shape index (κ1) is 30.8. The minimum Gasteiger partial charge on any atom is -0.310 e. The minimum atomic E-state index is 0.192. The molecule has 6 unspecified atom stereocenters. The van der Waals surface area contributed by atoms with Gasteiger partial charge in [0.1, 0.15) is 0 Å². The summed E-state index contributed by atoms with van der Waals surface area (Å²) < 4.78 is 0. The number of hydrogen-bond donors (Lipinski definition) is 0. The zero-order valence-electron chi connectivity index (χ0n) is 30.5. The third-order valence-corrected chi connectivity index (χ3v) is 14.8. The Balaban J connectivity index is 0.969. The highest BCUT2D eigenvalue weighted by atomic mass is 15.1. The largest absolute Gasteiger partial charge is 0.310 e. The number of benzene rings is 7. The van der Waals surface area contributed by atoms with Crippen LogP contribution < -0.4 is 4.90 Å². The molecule has 5 aliphatic carbocycles. The van der Waals surface area contributed by atoms with Crippen LogP contribution in [0.15, 0.2) is 176 Å². The Kier molecular flexibility index (Phi) is 6.51. The normalized spacial score (nSPS) is 26.3. The second-order valence-electron chi connectivity index (χ2n) is 17.0. The van der Waals surface area contributed by atoms with Gasteiger partial charge in [-0.15, -0.1) is 0 Å². The molecule has 2 spiro atoms. The van der Waals surface area contributed by atoms with Crippen LogP contribution in [0.25, 0.3) is 44.5 Å². The lowest BCUT2D eigenvalue weighted by molar-refractivity contribution is -0.0193. The number of rotatable bonds is 6. The zero-order valence-corrected chi connectivity index (χ0v) is 30.5. The van der Waals surface area contributed by atoms with E-state index >= 15 is 0 Å². The van der Waals surface area contributed by atoms with Crippen LogP contribution in [0.5, 0.6) is 0 Å². The van der Waals surface area contributed by atoms with E-state index < -0.39 is 0 Å². The van der Waals surface area contributed by atoms with Gasteiger partial charge in [0.15, 0.2) is 0 Å². The second-order valence-corrected chi connectivity index (χ2v) is 17.0. The van der Waals surface area contributed by atoms with Crippen molar-refractivity contribution < 1.29 is 0 Å². The van der Waals surface area contributed by atoms with Gasteiger partial charge in [-0.1, -0.05) is 133 Å². The Bertz CT molecular complexity index is 2560. The molecule has 0 aromatic heterocycles. The molecule has 1 heteroatoms. The van der Waals surface area contributed by atoms with Gasteiger partial charge in [-0.05, 0) is 154 Å². The summed E-state index contributed by atoms with van der Waals surface area (Å²) in [6.07, 6.45) is 7.32. The molecule has 0 N–H and O–H groups in total. The van der Waals surface area contributed by atoms with Crippen LogP contribution in [-0.4, -0.2) is 0 Å². The Morgan fingerprint density at radius 1 is 0.407 bits per heavy atom. The number of nitrogens with zero attached hydrogens (tertiary/aromatic N) is 1. The van der Waals surface area contributed by atoms with Gasteiger partial charge >= 0.3 is 0 Å². The van der Waals surface area contributed by atoms with E-state index in [9.17, 15) is 0 Å². The first-order valence-electron chi connectivity index (χ1n) is 20.2. The van der Waals surface area contributed by atoms with E-state index in [1.54, 1.807) is 11.1 Å². The van der Waals surface area contributed by atoms with Crippen LogP contribution in [0.4, 0.5) is 17.1 Å². The molecular weight excluding hydrogens is 651 g/mol. The van der Waals surface area contributed by atoms with Crippen LogP contribution in [0.3, 0.4) is 0 Å². The van der Waals surface area contributed by atoms with Crippen molar-refractivity contribution in [2.45, 2.75) is 37.5 Å². The summed E-state index contributed by atoms with van der Waals surface area (Å²) in [5.41, 5.74) is 18.0. The molecule has 4 saturated carbocycles. The summed E-state index contributed by atoms with van der Waals surface area (Å²) >= 11 is 0. The van der Waals surface area contributed by atoms with Gasteiger partial charge in [0.25, 0.3) is 0 Å². The lowest BCUT2D eigenvalue weighted by Gasteiger charge is -2.54. The molecule has 1 nitrogen and oxygen atoms in total. The first-order valence-corrected chi connectivity index (χ1v) is 20.2. The third kappa shape index (κ3) is 4.16. The molecule has 0 aliphatic heterocycles. The van der Waals surface area contributed by atoms with Crippen LogP contribution >= 0.6 is 0 Å². The van der Waals surface area contributed by atoms with Crippen LogP contribution in [0.2, 0.25) is 0 Å². The molecule has 0 saturated heterocycles. The van der Waals surface area contributed by atoms with Crippen molar-refractivity contribution in [1.29, 1.82) is 0 Å². The fourth-order valence-corrected chi connectivity index (χ4v) is 12.9. The second kappa shape index (κ2) is 11.4. The van der Waals surface area contributed by atoms with E-state index in [1.807, 2.05) is 0 Å². The third-order valence-electron chi connectivity index (χ3n) is 14.8. The van der Waals surface area contributed by atoms with Gasteiger partial charge in [0.05, 0.1) is 5.69 Å². The summed E-state index contributed by atoms with van der Waals surface area (Å²) in [6.45, 7) is 0. The molecule has 6 atom stereocenters. The quantitative estimate of drug-likeness (QED) is 0.168. The minimum absolute atomic E-state index is 0.192. The van der Waals surface area contributed by atoms with Crippen molar-refractivity contribution in [2.24, 2.45) is 29.1 Å². The van der Waals surface area contributed by atoms with Crippen molar-refractivity contribution in [1.82, 2.24) is 0 Å². The summed E-state index contributed by atoms with van der Waals surface area (Å²) in [7, 11) is 0. The molecule has 0 amide bonds. The maximum Gasteiger partial charge on any atom is 0.0540 e. The maximum absolute atomic E-state index is 2.63. The summed E-state index contributed by atoms with van der Waals surface area (Å²) in [5, 5.41) is 0. The molecule has 4 fully saturated rings. The van der Waals surface area contributed by atoms with Crippen molar-refractivity contribution >= 4 is 17.1 Å². The van der Waals surface area contributed by atoms with E-state index in [2.05, 4.69) is 181 Å². The van der Waals surface area contributed by atoms with Crippen molar-refractivity contribution in [3.63, 3.8) is 0 Å². The average Bonchev–Trinajstić information content (AvgIpc) is 3.70. The molecule has 5 aliphatic rings. The number of para-hydroxylation sites is 1. The molecule has 3 bridgehead atoms. The lowest BCUT2D eigenvalue weighted by atomic mass is 9.49. The van der Waals surface area contributed by atoms with Crippen molar-refractivity contribution in [3.05, 3.63) is 187 Å². The van der Waals surface area contributed by atoms with Gasteiger partial charge in [-0.25, -0.2) is 0 Å². The Labute approximate surface area is 319 Å². The van der Waals surface area contributed by atoms with Gasteiger partial charge in [-0.3, -0.25) is 0 Å². The van der Waals surface area contributed by atoms with Crippen LogP contribution in [-0.2, 0) is 5.41 Å². The molecular formula is C53H43N. The monoisotopic (exact) mass is 693 g/mol. The number of fused-ring (bicyclic) bond motifs is 9. The SMILES string of the molecule is c1ccc(-c2ccc(N(c3ccccc3)c3ccc(-c4ccc5c(c4)C4(c6ccccc6-5)C5CC6CC7CC4C7(C6)C5)cc3)c(-c3ccccc3)c2)cc1. The zero-order chi connectivity index (χ0) is 35.4. The molecule has 54 heavy (non-hydrogen) atoms. The molecule has 7 aromatic carbocycles. The van der Waals surface area contributed by atoms with Gasteiger partial charge in [-0.2, -0.15) is 0 Å². The predicted molar refractivity (Wildman–Crippen MR) is 223 cm³/mol. The highest BCUT2D eigenvalue weighted by Crippen LogP contribution is 2.83. The molecule has 0 radical (unpaired) electrons. The summed E-state index contributed by atoms with van der Waals surface area (Å²) in [6, 6.07) is 65.7. The Hall–Kier alpha value is -5.66. The van der Waals surface area contributed by atoms with Crippen LogP contribution in [0, 0.1) is 29.1 Å². The highest BCUT2D eigenvalue weighted by molar-refractivity contribution is 5.91. The van der Waals surface area contributed by atoms with E-state index in [1.165, 1.54) is 76.6 Å². The topological polar surface area (TPSA) is 3.24 Å². The van der Waals surface area contributed by atoms with E-state index in [4.69, 9.17) is 0 Å². The van der Waals surface area contributed by atoms with E-state index in [0.717, 1.165) is 40.7 Å². The Morgan fingerprint density at radius 2 is 1.00 bits per heavy atom. The standard InChI is InChI=1S/C53H43N/c1-4-12-36(13-5-1)39-23-27-50(47(30-39)38-14-6-2-7-15-38)54(43-16-8-3-9-17-43)44-24-20-37(21-25-44)40-22-26-46-45-18-10-11-19-48(45)53(49(46)31-40)42-29-35-28-41-32-51(53)52(41,33-35)34-42/h1-27,30-31,35,41-42,51H,28-29,32-34H2.